The third-order valence-corrected chi connectivity index (χ3v) is 4.62. The number of halogens is 2. The molecule has 1 unspecified atom stereocenters. The van der Waals surface area contributed by atoms with Crippen LogP contribution in [0.5, 0.6) is 0 Å². The number of hydrogen-bond donors (Lipinski definition) is 0. The SMILES string of the molecule is CC1CS(=O)(=O)CCN1c1nc(Cl)ncc1F. The molecule has 5 nitrogen and oxygen atoms in total. The Morgan fingerprint density at radius 3 is 2.94 bits per heavy atom. The van der Waals surface area contributed by atoms with Gasteiger partial charge in [-0.15, -0.1) is 0 Å². The largest absolute Gasteiger partial charge is 0.349 e. The number of aromatic nitrogens is 2. The highest BCUT2D eigenvalue weighted by atomic mass is 35.5. The zero-order valence-corrected chi connectivity index (χ0v) is 10.7. The van der Waals surface area contributed by atoms with Gasteiger partial charge in [0.15, 0.2) is 21.5 Å². The molecule has 0 saturated carbocycles. The Morgan fingerprint density at radius 1 is 1.59 bits per heavy atom. The summed E-state index contributed by atoms with van der Waals surface area (Å²) in [5, 5.41) is -0.0537. The van der Waals surface area contributed by atoms with E-state index in [4.69, 9.17) is 11.6 Å². The molecule has 0 spiro atoms. The van der Waals surface area contributed by atoms with Gasteiger partial charge < -0.3 is 4.90 Å². The predicted octanol–water partition coefficient (Wildman–Crippen LogP) is 0.892. The van der Waals surface area contributed by atoms with Crippen LogP contribution >= 0.6 is 11.6 Å². The second kappa shape index (κ2) is 4.38. The molecule has 2 heterocycles. The van der Waals surface area contributed by atoms with E-state index in [9.17, 15) is 12.8 Å². The molecule has 8 heteroatoms. The summed E-state index contributed by atoms with van der Waals surface area (Å²) in [5.41, 5.74) is 0. The van der Waals surface area contributed by atoms with E-state index in [1.807, 2.05) is 0 Å². The summed E-state index contributed by atoms with van der Waals surface area (Å²) in [6, 6.07) is -0.325. The first-order chi connectivity index (χ1) is 7.89. The van der Waals surface area contributed by atoms with E-state index in [0.29, 0.717) is 0 Å². The summed E-state index contributed by atoms with van der Waals surface area (Å²) in [6.07, 6.45) is 0.987. The van der Waals surface area contributed by atoms with Crippen LogP contribution in [-0.4, -0.2) is 42.5 Å². The highest BCUT2D eigenvalue weighted by Gasteiger charge is 2.30. The molecule has 94 valence electrons. The summed E-state index contributed by atoms with van der Waals surface area (Å²) >= 11 is 5.61. The highest BCUT2D eigenvalue weighted by Crippen LogP contribution is 2.23. The van der Waals surface area contributed by atoms with Gasteiger partial charge in [0.05, 0.1) is 17.7 Å². The smallest absolute Gasteiger partial charge is 0.224 e. The fourth-order valence-corrected chi connectivity index (χ4v) is 3.54. The van der Waals surface area contributed by atoms with E-state index in [1.54, 1.807) is 11.8 Å². The Bertz CT molecular complexity index is 537. The van der Waals surface area contributed by atoms with Crippen molar-refractivity contribution in [2.24, 2.45) is 0 Å². The average Bonchev–Trinajstić information content (AvgIpc) is 2.21. The molecule has 0 amide bonds. The zero-order valence-electron chi connectivity index (χ0n) is 9.10. The maximum Gasteiger partial charge on any atom is 0.224 e. The zero-order chi connectivity index (χ0) is 12.6. The minimum Gasteiger partial charge on any atom is -0.349 e. The molecule has 2 rings (SSSR count). The highest BCUT2D eigenvalue weighted by molar-refractivity contribution is 7.91. The Morgan fingerprint density at radius 2 is 2.29 bits per heavy atom. The molecule has 1 fully saturated rings. The molecule has 1 saturated heterocycles. The molecule has 1 aliphatic heterocycles. The molecule has 0 aliphatic carbocycles. The third-order valence-electron chi connectivity index (χ3n) is 2.64. The van der Waals surface area contributed by atoms with E-state index in [0.717, 1.165) is 6.20 Å². The number of sulfone groups is 1. The minimum atomic E-state index is -3.04. The van der Waals surface area contributed by atoms with Crippen LogP contribution in [-0.2, 0) is 9.84 Å². The van der Waals surface area contributed by atoms with Crippen LogP contribution in [0, 0.1) is 5.82 Å². The van der Waals surface area contributed by atoms with Gasteiger partial charge in [-0.25, -0.2) is 17.8 Å². The lowest BCUT2D eigenvalue weighted by molar-refractivity contribution is 0.552. The van der Waals surface area contributed by atoms with Crippen molar-refractivity contribution >= 4 is 27.3 Å². The maximum absolute atomic E-state index is 13.5. The van der Waals surface area contributed by atoms with Gasteiger partial charge in [-0.1, -0.05) is 0 Å². The minimum absolute atomic E-state index is 0.00159. The van der Waals surface area contributed by atoms with Gasteiger partial charge in [0.25, 0.3) is 0 Å². The summed E-state index contributed by atoms with van der Waals surface area (Å²) < 4.78 is 36.4. The van der Waals surface area contributed by atoms with Crippen molar-refractivity contribution < 1.29 is 12.8 Å². The van der Waals surface area contributed by atoms with Crippen LogP contribution in [0.1, 0.15) is 6.92 Å². The van der Waals surface area contributed by atoms with E-state index in [-0.39, 0.29) is 35.2 Å². The van der Waals surface area contributed by atoms with Crippen molar-refractivity contribution in [2.75, 3.05) is 23.0 Å². The van der Waals surface area contributed by atoms with Crippen molar-refractivity contribution in [3.8, 4) is 0 Å². The maximum atomic E-state index is 13.5. The van der Waals surface area contributed by atoms with Gasteiger partial charge in [0.2, 0.25) is 5.28 Å². The third kappa shape index (κ3) is 2.66. The van der Waals surface area contributed by atoms with Crippen molar-refractivity contribution in [3.05, 3.63) is 17.3 Å². The lowest BCUT2D eigenvalue weighted by Gasteiger charge is -2.34. The van der Waals surface area contributed by atoms with Crippen LogP contribution in [0.25, 0.3) is 0 Å². The molecule has 17 heavy (non-hydrogen) atoms. The molecule has 1 aromatic rings. The monoisotopic (exact) mass is 279 g/mol. The second-order valence-corrected chi connectivity index (χ2v) is 6.53. The lowest BCUT2D eigenvalue weighted by Crippen LogP contribution is -2.47. The van der Waals surface area contributed by atoms with E-state index >= 15 is 0 Å². The van der Waals surface area contributed by atoms with Gasteiger partial charge in [-0.2, -0.15) is 4.98 Å². The molecule has 1 atom stereocenters. The first-order valence-corrected chi connectivity index (χ1v) is 7.24. The van der Waals surface area contributed by atoms with Gasteiger partial charge >= 0.3 is 0 Å². The first-order valence-electron chi connectivity index (χ1n) is 5.04. The number of anilines is 1. The van der Waals surface area contributed by atoms with Gasteiger partial charge in [0.1, 0.15) is 0 Å². The summed E-state index contributed by atoms with van der Waals surface area (Å²) in [5.74, 6) is -0.542. The van der Waals surface area contributed by atoms with Crippen LogP contribution < -0.4 is 4.90 Å². The summed E-state index contributed by atoms with van der Waals surface area (Å²) in [6.45, 7) is 1.93. The van der Waals surface area contributed by atoms with E-state index in [1.165, 1.54) is 0 Å². The lowest BCUT2D eigenvalue weighted by atomic mass is 10.3. The Balaban J connectivity index is 2.32. The first kappa shape index (κ1) is 12.5. The molecule has 1 aromatic heterocycles. The second-order valence-electron chi connectivity index (χ2n) is 3.97. The predicted molar refractivity (Wildman–Crippen MR) is 62.5 cm³/mol. The standard InChI is InChI=1S/C9H11ClFN3O2S/c1-6-5-17(15,16)3-2-14(6)8-7(11)4-12-9(10)13-8/h4,6H,2-3,5H2,1H3. The van der Waals surface area contributed by atoms with Gasteiger partial charge in [0, 0.05) is 12.6 Å². The number of rotatable bonds is 1. The fraction of sp³-hybridized carbons (Fsp3) is 0.556. The fourth-order valence-electron chi connectivity index (χ4n) is 1.85. The molecule has 0 radical (unpaired) electrons. The summed E-state index contributed by atoms with van der Waals surface area (Å²) in [7, 11) is -3.04. The number of hydrogen-bond acceptors (Lipinski definition) is 5. The molecule has 0 bridgehead atoms. The Hall–Kier alpha value is -0.950. The molecular weight excluding hydrogens is 269 g/mol. The van der Waals surface area contributed by atoms with Crippen molar-refractivity contribution in [3.63, 3.8) is 0 Å². The average molecular weight is 280 g/mol. The van der Waals surface area contributed by atoms with Crippen molar-refractivity contribution in [1.82, 2.24) is 9.97 Å². The van der Waals surface area contributed by atoms with E-state index in [2.05, 4.69) is 9.97 Å². The normalized spacial score (nSPS) is 23.7. The summed E-state index contributed by atoms with van der Waals surface area (Å²) in [4.78, 5) is 8.93. The van der Waals surface area contributed by atoms with Gasteiger partial charge in [-0.05, 0) is 18.5 Å². The topological polar surface area (TPSA) is 63.2 Å². The van der Waals surface area contributed by atoms with Crippen LogP contribution in [0.4, 0.5) is 10.2 Å². The quantitative estimate of drug-likeness (QED) is 0.715. The van der Waals surface area contributed by atoms with Gasteiger partial charge in [-0.3, -0.25) is 0 Å². The number of nitrogens with zero attached hydrogens (tertiary/aromatic N) is 3. The van der Waals surface area contributed by atoms with Crippen molar-refractivity contribution in [2.45, 2.75) is 13.0 Å². The van der Waals surface area contributed by atoms with Crippen molar-refractivity contribution in [1.29, 1.82) is 0 Å². The molecule has 0 aromatic carbocycles. The van der Waals surface area contributed by atoms with Crippen LogP contribution in [0.15, 0.2) is 6.20 Å². The van der Waals surface area contributed by atoms with Crippen LogP contribution in [0.3, 0.4) is 0 Å². The molecule has 0 N–H and O–H groups in total. The Kier molecular flexibility index (Phi) is 3.22. The molecular formula is C9H11ClFN3O2S. The molecule has 1 aliphatic rings. The Labute approximate surface area is 104 Å². The van der Waals surface area contributed by atoms with E-state index < -0.39 is 15.7 Å². The van der Waals surface area contributed by atoms with Crippen LogP contribution in [0.2, 0.25) is 5.28 Å².